The molecule has 4 atom stereocenters. The van der Waals surface area contributed by atoms with Crippen LogP contribution in [0.3, 0.4) is 0 Å². The van der Waals surface area contributed by atoms with Crippen LogP contribution in [0.5, 0.6) is 0 Å². The second-order valence-electron chi connectivity index (χ2n) is 14.7. The van der Waals surface area contributed by atoms with Gasteiger partial charge in [0.1, 0.15) is 17.9 Å². The average molecular weight is 680 g/mol. The first-order valence-electron chi connectivity index (χ1n) is 18.4. The highest BCUT2D eigenvalue weighted by atomic mass is 19.1. The molecule has 1 saturated carbocycles. The highest BCUT2D eigenvalue weighted by Crippen LogP contribution is 2.39. The molecule has 1 heterocycles. The SMILES string of the molecule is CC(C)(F)C1CCC(CN2C[C@H](OCc3ccccc3)[C@@H](OCc3ccccc3)[C@H](OCc3ccccc3)[C@@H]2COCc2ccccc2)CC1. The molecular weight excluding hydrogens is 625 g/mol. The zero-order chi connectivity index (χ0) is 34.6. The van der Waals surface area contributed by atoms with Gasteiger partial charge in [-0.15, -0.1) is 0 Å². The van der Waals surface area contributed by atoms with Crippen LogP contribution in [0.2, 0.25) is 0 Å². The summed E-state index contributed by atoms with van der Waals surface area (Å²) in [5.41, 5.74) is 3.36. The maximum atomic E-state index is 14.9. The summed E-state index contributed by atoms with van der Waals surface area (Å²) in [4.78, 5) is 2.55. The Morgan fingerprint density at radius 2 is 1.02 bits per heavy atom. The Balaban J connectivity index is 1.28. The molecule has 0 radical (unpaired) electrons. The van der Waals surface area contributed by atoms with E-state index in [9.17, 15) is 4.39 Å². The lowest BCUT2D eigenvalue weighted by atomic mass is 9.75. The third-order valence-electron chi connectivity index (χ3n) is 10.5. The summed E-state index contributed by atoms with van der Waals surface area (Å²) in [7, 11) is 0. The molecule has 1 aliphatic carbocycles. The van der Waals surface area contributed by atoms with Gasteiger partial charge in [-0.25, -0.2) is 4.39 Å². The lowest BCUT2D eigenvalue weighted by Gasteiger charge is -2.49. The predicted molar refractivity (Wildman–Crippen MR) is 197 cm³/mol. The number of nitrogens with zero attached hydrogens (tertiary/aromatic N) is 1. The molecule has 266 valence electrons. The smallest absolute Gasteiger partial charge is 0.113 e. The minimum Gasteiger partial charge on any atom is -0.375 e. The maximum absolute atomic E-state index is 14.9. The van der Waals surface area contributed by atoms with Crippen molar-refractivity contribution in [3.8, 4) is 0 Å². The Kier molecular flexibility index (Phi) is 13.3. The van der Waals surface area contributed by atoms with E-state index in [0.717, 1.165) is 54.5 Å². The minimum atomic E-state index is -1.14. The maximum Gasteiger partial charge on any atom is 0.113 e. The first-order valence-corrected chi connectivity index (χ1v) is 18.4. The number of rotatable bonds is 16. The van der Waals surface area contributed by atoms with Gasteiger partial charge in [0.05, 0.1) is 45.2 Å². The number of hydrogen-bond donors (Lipinski definition) is 0. The molecule has 1 aliphatic heterocycles. The fourth-order valence-corrected chi connectivity index (χ4v) is 7.62. The topological polar surface area (TPSA) is 40.2 Å². The van der Waals surface area contributed by atoms with Crippen LogP contribution in [0.25, 0.3) is 0 Å². The lowest BCUT2D eigenvalue weighted by Crippen LogP contribution is -2.65. The monoisotopic (exact) mass is 679 g/mol. The van der Waals surface area contributed by atoms with Crippen LogP contribution < -0.4 is 0 Å². The van der Waals surface area contributed by atoms with Crippen LogP contribution in [-0.2, 0) is 45.4 Å². The number of piperidine rings is 1. The largest absolute Gasteiger partial charge is 0.375 e. The highest BCUT2D eigenvalue weighted by Gasteiger charge is 2.47. The number of ether oxygens (including phenoxy) is 4. The summed E-state index contributed by atoms with van der Waals surface area (Å²) >= 11 is 0. The van der Waals surface area contributed by atoms with E-state index in [-0.39, 0.29) is 30.3 Å². The molecule has 0 aromatic heterocycles. The van der Waals surface area contributed by atoms with Gasteiger partial charge in [0.15, 0.2) is 0 Å². The van der Waals surface area contributed by atoms with Gasteiger partial charge < -0.3 is 18.9 Å². The molecule has 2 fully saturated rings. The van der Waals surface area contributed by atoms with E-state index >= 15 is 0 Å². The van der Waals surface area contributed by atoms with Gasteiger partial charge in [-0.05, 0) is 73.6 Å². The van der Waals surface area contributed by atoms with Gasteiger partial charge in [0, 0.05) is 13.1 Å². The normalized spacial score (nSPS) is 24.6. The molecule has 50 heavy (non-hydrogen) atoms. The molecule has 0 unspecified atom stereocenters. The second-order valence-corrected chi connectivity index (χ2v) is 14.7. The van der Waals surface area contributed by atoms with E-state index in [0.29, 0.717) is 45.5 Å². The van der Waals surface area contributed by atoms with Crippen LogP contribution in [0.15, 0.2) is 121 Å². The van der Waals surface area contributed by atoms with Crippen molar-refractivity contribution in [3.63, 3.8) is 0 Å². The Hall–Kier alpha value is -3.39. The third kappa shape index (κ3) is 10.6. The molecule has 2 aliphatic rings. The quantitative estimate of drug-likeness (QED) is 0.118. The van der Waals surface area contributed by atoms with E-state index in [2.05, 4.69) is 89.8 Å². The van der Waals surface area contributed by atoms with Gasteiger partial charge in [0.2, 0.25) is 0 Å². The van der Waals surface area contributed by atoms with Crippen molar-refractivity contribution in [1.29, 1.82) is 0 Å². The lowest BCUT2D eigenvalue weighted by molar-refractivity contribution is -0.212. The van der Waals surface area contributed by atoms with Crippen LogP contribution in [0.1, 0.15) is 61.8 Å². The number of benzene rings is 4. The van der Waals surface area contributed by atoms with Crippen LogP contribution in [0, 0.1) is 11.8 Å². The predicted octanol–water partition coefficient (Wildman–Crippen LogP) is 9.20. The molecule has 1 saturated heterocycles. The zero-order valence-electron chi connectivity index (χ0n) is 29.7. The molecule has 6 rings (SSSR count). The van der Waals surface area contributed by atoms with Crippen molar-refractivity contribution in [3.05, 3.63) is 144 Å². The van der Waals surface area contributed by atoms with E-state index in [4.69, 9.17) is 18.9 Å². The van der Waals surface area contributed by atoms with Crippen molar-refractivity contribution in [2.24, 2.45) is 11.8 Å². The van der Waals surface area contributed by atoms with E-state index < -0.39 is 5.67 Å². The minimum absolute atomic E-state index is 0.0601. The Morgan fingerprint density at radius 1 is 0.580 bits per heavy atom. The third-order valence-corrected chi connectivity index (χ3v) is 10.5. The van der Waals surface area contributed by atoms with Crippen molar-refractivity contribution >= 4 is 0 Å². The standard InChI is InChI=1S/C44H54FNO4/c1-44(2,45)39-25-23-34(24-26-39)27-46-28-41(48-30-36-17-9-4-10-18-36)43(50-32-38-21-13-6-14-22-38)42(49-31-37-19-11-5-12-20-37)40(46)33-47-29-35-15-7-3-8-16-35/h3-22,34,39-43H,23-33H2,1-2H3/t34?,39?,40-,41-,42+,43+/m0/s1. The molecule has 4 aromatic rings. The van der Waals surface area contributed by atoms with E-state index in [1.54, 1.807) is 13.8 Å². The summed E-state index contributed by atoms with van der Waals surface area (Å²) in [6.07, 6.45) is 3.00. The zero-order valence-corrected chi connectivity index (χ0v) is 29.7. The fourth-order valence-electron chi connectivity index (χ4n) is 7.62. The average Bonchev–Trinajstić information content (AvgIpc) is 3.15. The molecule has 0 N–H and O–H groups in total. The molecule has 0 amide bonds. The number of halogens is 1. The fraction of sp³-hybridized carbons (Fsp3) is 0.455. The van der Waals surface area contributed by atoms with Crippen molar-refractivity contribution < 1.29 is 23.3 Å². The van der Waals surface area contributed by atoms with Crippen LogP contribution >= 0.6 is 0 Å². The summed E-state index contributed by atoms with van der Waals surface area (Å²) in [6, 6.07) is 41.3. The summed E-state index contributed by atoms with van der Waals surface area (Å²) in [5.74, 6) is 0.585. The molecule has 0 bridgehead atoms. The van der Waals surface area contributed by atoms with Gasteiger partial charge >= 0.3 is 0 Å². The Labute approximate surface area is 298 Å². The molecule has 6 heteroatoms. The van der Waals surface area contributed by atoms with E-state index in [1.165, 1.54) is 0 Å². The van der Waals surface area contributed by atoms with Gasteiger partial charge in [-0.3, -0.25) is 4.90 Å². The number of alkyl halides is 1. The first kappa shape index (κ1) is 36.4. The number of hydrogen-bond acceptors (Lipinski definition) is 5. The van der Waals surface area contributed by atoms with Crippen molar-refractivity contribution in [1.82, 2.24) is 4.90 Å². The van der Waals surface area contributed by atoms with Gasteiger partial charge in [-0.2, -0.15) is 0 Å². The van der Waals surface area contributed by atoms with Gasteiger partial charge in [0.25, 0.3) is 0 Å². The van der Waals surface area contributed by atoms with Crippen LogP contribution in [-0.4, -0.2) is 54.6 Å². The summed E-state index contributed by atoms with van der Waals surface area (Å²) in [5, 5.41) is 0. The second kappa shape index (κ2) is 18.2. The van der Waals surface area contributed by atoms with Crippen molar-refractivity contribution in [2.75, 3.05) is 19.7 Å². The Morgan fingerprint density at radius 3 is 1.50 bits per heavy atom. The highest BCUT2D eigenvalue weighted by molar-refractivity contribution is 5.16. The Bertz CT molecular complexity index is 1510. The van der Waals surface area contributed by atoms with Crippen LogP contribution in [0.4, 0.5) is 4.39 Å². The molecule has 4 aromatic carbocycles. The van der Waals surface area contributed by atoms with Crippen molar-refractivity contribution in [2.45, 2.75) is 96.0 Å². The number of likely N-dealkylation sites (tertiary alicyclic amines) is 1. The molecule has 5 nitrogen and oxygen atoms in total. The summed E-state index contributed by atoms with van der Waals surface area (Å²) in [6.45, 7) is 7.50. The van der Waals surface area contributed by atoms with Gasteiger partial charge in [-0.1, -0.05) is 121 Å². The molecular formula is C44H54FNO4. The van der Waals surface area contributed by atoms with E-state index in [1.807, 2.05) is 36.4 Å². The summed E-state index contributed by atoms with van der Waals surface area (Å²) < 4.78 is 42.1. The molecule has 0 spiro atoms. The first-order chi connectivity index (χ1) is 24.4.